The number of nitrogens with two attached hydrogens (primary N) is 1. The summed E-state index contributed by atoms with van der Waals surface area (Å²) in [5.41, 5.74) is 7.14. The number of hydrogen-bond donors (Lipinski definition) is 1. The van der Waals surface area contributed by atoms with Gasteiger partial charge in [-0.15, -0.1) is 11.3 Å². The summed E-state index contributed by atoms with van der Waals surface area (Å²) in [5.74, 6) is -0.0107. The highest BCUT2D eigenvalue weighted by atomic mass is 35.5. The molecule has 1 saturated carbocycles. The molecule has 0 atom stereocenters. The summed E-state index contributed by atoms with van der Waals surface area (Å²) in [7, 11) is 0. The van der Waals surface area contributed by atoms with Crippen molar-refractivity contribution in [2.24, 2.45) is 5.73 Å². The number of halogens is 1. The van der Waals surface area contributed by atoms with Crippen molar-refractivity contribution < 1.29 is 4.79 Å². The highest BCUT2D eigenvalue weighted by Crippen LogP contribution is 2.30. The van der Waals surface area contributed by atoms with Crippen LogP contribution in [0, 0.1) is 0 Å². The van der Waals surface area contributed by atoms with Crippen molar-refractivity contribution in [3.8, 4) is 0 Å². The fourth-order valence-electron chi connectivity index (χ4n) is 2.19. The maximum Gasteiger partial charge on any atom is 0.273 e. The first-order valence-corrected chi connectivity index (χ1v) is 8.13. The Hall–Kier alpha value is -1.43. The molecular weight excluding hydrogens is 306 g/mol. The lowest BCUT2D eigenvalue weighted by Crippen LogP contribution is -2.32. The molecule has 2 aromatic rings. The maximum atomic E-state index is 12.6. The van der Waals surface area contributed by atoms with Crippen LogP contribution in [0.1, 0.15) is 33.9 Å². The molecule has 1 aromatic heterocycles. The lowest BCUT2D eigenvalue weighted by Gasteiger charge is -2.21. The summed E-state index contributed by atoms with van der Waals surface area (Å²) < 4.78 is 0. The highest BCUT2D eigenvalue weighted by molar-refractivity contribution is 7.09. The largest absolute Gasteiger partial charge is 0.330 e. The van der Waals surface area contributed by atoms with Crippen molar-refractivity contribution in [1.29, 1.82) is 0 Å². The zero-order chi connectivity index (χ0) is 14.8. The molecule has 1 aliphatic rings. The summed E-state index contributed by atoms with van der Waals surface area (Å²) in [5, 5.41) is 3.29. The van der Waals surface area contributed by atoms with Gasteiger partial charge in [0.1, 0.15) is 10.7 Å². The van der Waals surface area contributed by atoms with Crippen LogP contribution in [0.4, 0.5) is 0 Å². The minimum Gasteiger partial charge on any atom is -0.330 e. The molecular formula is C15H16ClN3OS. The summed E-state index contributed by atoms with van der Waals surface area (Å²) in [4.78, 5) is 18.8. The third kappa shape index (κ3) is 3.43. The molecule has 0 bridgehead atoms. The van der Waals surface area contributed by atoms with E-state index in [1.807, 2.05) is 29.2 Å². The number of aromatic nitrogens is 1. The quantitative estimate of drug-likeness (QED) is 0.920. The molecule has 0 spiro atoms. The van der Waals surface area contributed by atoms with E-state index >= 15 is 0 Å². The number of benzene rings is 1. The smallest absolute Gasteiger partial charge is 0.273 e. The van der Waals surface area contributed by atoms with Crippen molar-refractivity contribution in [2.45, 2.75) is 32.0 Å². The Labute approximate surface area is 132 Å². The molecule has 0 radical (unpaired) electrons. The summed E-state index contributed by atoms with van der Waals surface area (Å²) >= 11 is 7.33. The summed E-state index contributed by atoms with van der Waals surface area (Å²) in [6, 6.07) is 7.94. The van der Waals surface area contributed by atoms with Gasteiger partial charge in [0.05, 0.1) is 0 Å². The molecule has 4 nitrogen and oxygen atoms in total. The predicted octanol–water partition coefficient (Wildman–Crippen LogP) is 3.06. The SMILES string of the molecule is NCc1nc(C(=O)N(Cc2ccc(Cl)cc2)C2CC2)cs1. The van der Waals surface area contributed by atoms with Crippen LogP contribution in [0.25, 0.3) is 0 Å². The van der Waals surface area contributed by atoms with E-state index in [1.165, 1.54) is 11.3 Å². The van der Waals surface area contributed by atoms with Crippen LogP contribution in [0.3, 0.4) is 0 Å². The van der Waals surface area contributed by atoms with Crippen molar-refractivity contribution in [3.63, 3.8) is 0 Å². The van der Waals surface area contributed by atoms with Crippen molar-refractivity contribution in [1.82, 2.24) is 9.88 Å². The van der Waals surface area contributed by atoms with E-state index in [4.69, 9.17) is 17.3 Å². The minimum atomic E-state index is -0.0107. The Morgan fingerprint density at radius 3 is 2.67 bits per heavy atom. The minimum absolute atomic E-state index is 0.0107. The molecule has 0 saturated heterocycles. The van der Waals surface area contributed by atoms with Gasteiger partial charge in [0.15, 0.2) is 0 Å². The number of nitrogens with zero attached hydrogens (tertiary/aromatic N) is 2. The fraction of sp³-hybridized carbons (Fsp3) is 0.333. The van der Waals surface area contributed by atoms with Crippen LogP contribution in [0.15, 0.2) is 29.6 Å². The Morgan fingerprint density at radius 1 is 1.38 bits per heavy atom. The number of carbonyl (C=O) groups excluding carboxylic acids is 1. The van der Waals surface area contributed by atoms with Gasteiger partial charge in [-0.25, -0.2) is 4.98 Å². The lowest BCUT2D eigenvalue weighted by atomic mass is 10.2. The fourth-order valence-corrected chi connectivity index (χ4v) is 2.96. The van der Waals surface area contributed by atoms with Gasteiger partial charge in [-0.2, -0.15) is 0 Å². The van der Waals surface area contributed by atoms with Crippen LogP contribution in [0.2, 0.25) is 5.02 Å². The van der Waals surface area contributed by atoms with E-state index in [2.05, 4.69) is 4.98 Å². The van der Waals surface area contributed by atoms with Crippen LogP contribution in [-0.2, 0) is 13.1 Å². The molecule has 21 heavy (non-hydrogen) atoms. The van der Waals surface area contributed by atoms with Gasteiger partial charge in [-0.3, -0.25) is 4.79 Å². The molecule has 110 valence electrons. The van der Waals surface area contributed by atoms with E-state index in [9.17, 15) is 4.79 Å². The van der Waals surface area contributed by atoms with E-state index in [0.29, 0.717) is 29.8 Å². The van der Waals surface area contributed by atoms with Crippen molar-refractivity contribution in [3.05, 3.63) is 50.9 Å². The van der Waals surface area contributed by atoms with Crippen molar-refractivity contribution in [2.75, 3.05) is 0 Å². The number of hydrogen-bond acceptors (Lipinski definition) is 4. The molecule has 0 unspecified atom stereocenters. The average molecular weight is 322 g/mol. The summed E-state index contributed by atoms with van der Waals surface area (Å²) in [6.45, 7) is 0.967. The molecule has 1 amide bonds. The lowest BCUT2D eigenvalue weighted by molar-refractivity contribution is 0.0724. The third-order valence-corrected chi connectivity index (χ3v) is 4.58. The second-order valence-electron chi connectivity index (χ2n) is 5.12. The van der Waals surface area contributed by atoms with E-state index < -0.39 is 0 Å². The van der Waals surface area contributed by atoms with E-state index in [0.717, 1.165) is 23.4 Å². The Kier molecular flexibility index (Phi) is 4.24. The number of rotatable bonds is 5. The summed E-state index contributed by atoms with van der Waals surface area (Å²) in [6.07, 6.45) is 2.13. The number of carbonyl (C=O) groups is 1. The van der Waals surface area contributed by atoms with Crippen LogP contribution >= 0.6 is 22.9 Å². The first kappa shape index (κ1) is 14.5. The molecule has 3 rings (SSSR count). The molecule has 1 heterocycles. The van der Waals surface area contributed by atoms with Crippen LogP contribution < -0.4 is 5.73 Å². The zero-order valence-electron chi connectivity index (χ0n) is 11.5. The topological polar surface area (TPSA) is 59.2 Å². The monoisotopic (exact) mass is 321 g/mol. The van der Waals surface area contributed by atoms with Gasteiger partial charge in [-0.1, -0.05) is 23.7 Å². The highest BCUT2D eigenvalue weighted by Gasteiger charge is 2.33. The Balaban J connectivity index is 1.77. The van der Waals surface area contributed by atoms with E-state index in [-0.39, 0.29) is 5.91 Å². The zero-order valence-corrected chi connectivity index (χ0v) is 13.0. The van der Waals surface area contributed by atoms with Gasteiger partial charge in [0, 0.05) is 29.5 Å². The van der Waals surface area contributed by atoms with Gasteiger partial charge in [0.25, 0.3) is 5.91 Å². The molecule has 1 aliphatic carbocycles. The second-order valence-corrected chi connectivity index (χ2v) is 6.50. The first-order chi connectivity index (χ1) is 10.2. The normalized spacial score (nSPS) is 14.2. The number of thiazole rings is 1. The van der Waals surface area contributed by atoms with Gasteiger partial charge in [-0.05, 0) is 30.5 Å². The predicted molar refractivity (Wildman–Crippen MR) is 84.4 cm³/mol. The average Bonchev–Trinajstić information content (AvgIpc) is 3.22. The van der Waals surface area contributed by atoms with Gasteiger partial charge in [0.2, 0.25) is 0 Å². The molecule has 6 heteroatoms. The maximum absolute atomic E-state index is 12.6. The standard InChI is InChI=1S/C15H16ClN3OS/c16-11-3-1-10(2-4-11)8-19(12-5-6-12)15(20)13-9-21-14(7-17)18-13/h1-4,9,12H,5-8,17H2. The number of amides is 1. The Bertz CT molecular complexity index is 637. The molecule has 0 aliphatic heterocycles. The Morgan fingerprint density at radius 2 is 2.10 bits per heavy atom. The molecule has 1 aromatic carbocycles. The van der Waals surface area contributed by atoms with Gasteiger partial charge < -0.3 is 10.6 Å². The molecule has 1 fully saturated rings. The second kappa shape index (κ2) is 6.13. The first-order valence-electron chi connectivity index (χ1n) is 6.87. The van der Waals surface area contributed by atoms with Crippen molar-refractivity contribution >= 4 is 28.8 Å². The van der Waals surface area contributed by atoms with Gasteiger partial charge >= 0.3 is 0 Å². The van der Waals surface area contributed by atoms with Crippen LogP contribution in [0.5, 0.6) is 0 Å². The van der Waals surface area contributed by atoms with Crippen LogP contribution in [-0.4, -0.2) is 21.8 Å². The third-order valence-electron chi connectivity index (χ3n) is 3.46. The van der Waals surface area contributed by atoms with E-state index in [1.54, 1.807) is 5.38 Å². The molecule has 2 N–H and O–H groups in total.